The zero-order valence-electron chi connectivity index (χ0n) is 12.4. The molecular weight excluding hydrogens is 281 g/mol. The number of halogens is 1. The quantitative estimate of drug-likeness (QED) is 0.810. The molecule has 0 spiro atoms. The largest absolute Gasteiger partial charge is 0.490 e. The standard InChI is InChI=1S/C18H18FNO2/c1-10(9-21)18-13-7-12(8-14(13)18)22-17-4-5-20-16-3-2-11(19)6-15(16)17/h2-6,9-10,12-14,18H,7-8H2,1H3/t10?,12?,13-,14+,18?. The molecule has 2 aliphatic carbocycles. The van der Waals surface area contributed by atoms with Crippen molar-refractivity contribution >= 4 is 17.2 Å². The van der Waals surface area contributed by atoms with Crippen molar-refractivity contribution in [1.29, 1.82) is 0 Å². The van der Waals surface area contributed by atoms with Gasteiger partial charge in [-0.05, 0) is 54.9 Å². The van der Waals surface area contributed by atoms with E-state index >= 15 is 0 Å². The van der Waals surface area contributed by atoms with Crippen LogP contribution in [0.4, 0.5) is 4.39 Å². The highest BCUT2D eigenvalue weighted by molar-refractivity contribution is 5.84. The van der Waals surface area contributed by atoms with Gasteiger partial charge in [0.1, 0.15) is 17.9 Å². The van der Waals surface area contributed by atoms with Crippen molar-refractivity contribution in [3.63, 3.8) is 0 Å². The third kappa shape index (κ3) is 2.18. The number of pyridine rings is 1. The molecule has 1 heterocycles. The second-order valence-electron chi connectivity index (χ2n) is 6.58. The van der Waals surface area contributed by atoms with Gasteiger partial charge in [0.15, 0.2) is 0 Å². The molecule has 0 radical (unpaired) electrons. The molecule has 0 saturated heterocycles. The highest BCUT2D eigenvalue weighted by Crippen LogP contribution is 2.60. The Labute approximate surface area is 128 Å². The van der Waals surface area contributed by atoms with E-state index in [2.05, 4.69) is 4.98 Å². The van der Waals surface area contributed by atoms with Crippen molar-refractivity contribution in [2.24, 2.45) is 23.7 Å². The Kier molecular flexibility index (Phi) is 3.13. The summed E-state index contributed by atoms with van der Waals surface area (Å²) < 4.78 is 19.6. The molecule has 5 atom stereocenters. The maximum atomic E-state index is 13.5. The van der Waals surface area contributed by atoms with Gasteiger partial charge in [-0.25, -0.2) is 4.39 Å². The number of ether oxygens (including phenoxy) is 1. The van der Waals surface area contributed by atoms with E-state index in [9.17, 15) is 9.18 Å². The van der Waals surface area contributed by atoms with Gasteiger partial charge in [0, 0.05) is 17.5 Å². The monoisotopic (exact) mass is 299 g/mol. The van der Waals surface area contributed by atoms with Crippen molar-refractivity contribution in [2.45, 2.75) is 25.9 Å². The van der Waals surface area contributed by atoms with Crippen LogP contribution in [-0.4, -0.2) is 17.4 Å². The first kappa shape index (κ1) is 13.7. The van der Waals surface area contributed by atoms with Crippen molar-refractivity contribution < 1.29 is 13.9 Å². The maximum absolute atomic E-state index is 13.5. The molecule has 2 fully saturated rings. The second-order valence-corrected chi connectivity index (χ2v) is 6.58. The fourth-order valence-electron chi connectivity index (χ4n) is 4.18. The molecule has 2 saturated carbocycles. The topological polar surface area (TPSA) is 39.2 Å². The number of benzene rings is 1. The SMILES string of the molecule is CC(C=O)C1[C@H]2CC(Oc3ccnc4ccc(F)cc34)C[C@@H]12. The maximum Gasteiger partial charge on any atom is 0.130 e. The minimum absolute atomic E-state index is 0.159. The molecule has 0 amide bonds. The Balaban J connectivity index is 1.50. The Morgan fingerprint density at radius 2 is 2.09 bits per heavy atom. The molecule has 0 aliphatic heterocycles. The van der Waals surface area contributed by atoms with Crippen LogP contribution in [-0.2, 0) is 4.79 Å². The summed E-state index contributed by atoms with van der Waals surface area (Å²) in [6.07, 6.45) is 4.92. The van der Waals surface area contributed by atoms with E-state index in [-0.39, 0.29) is 17.8 Å². The smallest absolute Gasteiger partial charge is 0.130 e. The molecule has 2 aliphatic rings. The van der Waals surface area contributed by atoms with Crippen LogP contribution >= 0.6 is 0 Å². The number of aromatic nitrogens is 1. The molecular formula is C18H18FNO2. The Morgan fingerprint density at radius 3 is 2.82 bits per heavy atom. The van der Waals surface area contributed by atoms with Crippen molar-refractivity contribution in [1.82, 2.24) is 4.98 Å². The molecule has 114 valence electrons. The van der Waals surface area contributed by atoms with E-state index in [1.54, 1.807) is 18.3 Å². The Bertz CT molecular complexity index is 720. The van der Waals surface area contributed by atoms with E-state index in [4.69, 9.17) is 4.74 Å². The molecule has 0 N–H and O–H groups in total. The molecule has 0 bridgehead atoms. The van der Waals surface area contributed by atoms with Crippen LogP contribution in [0, 0.1) is 29.5 Å². The van der Waals surface area contributed by atoms with Crippen LogP contribution in [0.15, 0.2) is 30.5 Å². The van der Waals surface area contributed by atoms with Gasteiger partial charge in [-0.1, -0.05) is 6.92 Å². The normalized spacial score (nSPS) is 30.8. The third-order valence-corrected chi connectivity index (χ3v) is 5.25. The van der Waals surface area contributed by atoms with Crippen LogP contribution in [0.3, 0.4) is 0 Å². The summed E-state index contributed by atoms with van der Waals surface area (Å²) >= 11 is 0. The van der Waals surface area contributed by atoms with Gasteiger partial charge in [0.2, 0.25) is 0 Å². The van der Waals surface area contributed by atoms with Gasteiger partial charge in [0.25, 0.3) is 0 Å². The Hall–Kier alpha value is -1.97. The number of aldehydes is 1. The molecule has 3 nitrogen and oxygen atoms in total. The third-order valence-electron chi connectivity index (χ3n) is 5.25. The molecule has 3 unspecified atom stereocenters. The van der Waals surface area contributed by atoms with Gasteiger partial charge >= 0.3 is 0 Å². The summed E-state index contributed by atoms with van der Waals surface area (Å²) in [4.78, 5) is 15.1. The predicted octanol–water partition coefficient (Wildman–Crippen LogP) is 3.61. The van der Waals surface area contributed by atoms with E-state index in [1.807, 2.05) is 6.92 Å². The molecule has 2 aromatic rings. The molecule has 22 heavy (non-hydrogen) atoms. The number of hydrogen-bond donors (Lipinski definition) is 0. The zero-order chi connectivity index (χ0) is 15.3. The Morgan fingerprint density at radius 1 is 1.32 bits per heavy atom. The predicted molar refractivity (Wildman–Crippen MR) is 81.0 cm³/mol. The first-order chi connectivity index (χ1) is 10.7. The van der Waals surface area contributed by atoms with Gasteiger partial charge in [-0.2, -0.15) is 0 Å². The van der Waals surface area contributed by atoms with Crippen LogP contribution < -0.4 is 4.74 Å². The minimum atomic E-state index is -0.278. The first-order valence-corrected chi connectivity index (χ1v) is 7.83. The summed E-state index contributed by atoms with van der Waals surface area (Å²) in [5, 5.41) is 0.723. The lowest BCUT2D eigenvalue weighted by Gasteiger charge is -2.18. The number of rotatable bonds is 4. The van der Waals surface area contributed by atoms with Crippen molar-refractivity contribution in [3.8, 4) is 5.75 Å². The lowest BCUT2D eigenvalue weighted by Crippen LogP contribution is -2.18. The number of hydrogen-bond acceptors (Lipinski definition) is 3. The van der Waals surface area contributed by atoms with Crippen LogP contribution in [0.25, 0.3) is 10.9 Å². The fraction of sp³-hybridized carbons (Fsp3) is 0.444. The van der Waals surface area contributed by atoms with Gasteiger partial charge < -0.3 is 9.53 Å². The summed E-state index contributed by atoms with van der Waals surface area (Å²) in [5.74, 6) is 2.37. The van der Waals surface area contributed by atoms with Crippen LogP contribution in [0.5, 0.6) is 5.75 Å². The minimum Gasteiger partial charge on any atom is -0.490 e. The summed E-state index contributed by atoms with van der Waals surface area (Å²) in [5.41, 5.74) is 0.745. The second kappa shape index (κ2) is 5.04. The van der Waals surface area contributed by atoms with Crippen LogP contribution in [0.1, 0.15) is 19.8 Å². The highest BCUT2D eigenvalue weighted by atomic mass is 19.1. The average molecular weight is 299 g/mol. The van der Waals surface area contributed by atoms with Gasteiger partial charge in [-0.15, -0.1) is 0 Å². The fourth-order valence-corrected chi connectivity index (χ4v) is 4.18. The van der Waals surface area contributed by atoms with Crippen molar-refractivity contribution in [3.05, 3.63) is 36.3 Å². The molecule has 4 rings (SSSR count). The lowest BCUT2D eigenvalue weighted by molar-refractivity contribution is -0.111. The number of nitrogens with zero attached hydrogens (tertiary/aromatic N) is 1. The van der Waals surface area contributed by atoms with E-state index < -0.39 is 0 Å². The summed E-state index contributed by atoms with van der Waals surface area (Å²) in [6.45, 7) is 2.00. The number of fused-ring (bicyclic) bond motifs is 2. The number of carbonyl (C=O) groups is 1. The van der Waals surface area contributed by atoms with Gasteiger partial charge in [-0.3, -0.25) is 4.98 Å². The lowest BCUT2D eigenvalue weighted by atomic mass is 9.99. The highest BCUT2D eigenvalue weighted by Gasteiger charge is 2.58. The van der Waals surface area contributed by atoms with E-state index in [0.717, 1.165) is 30.0 Å². The van der Waals surface area contributed by atoms with Gasteiger partial charge in [0.05, 0.1) is 11.6 Å². The average Bonchev–Trinajstić information content (AvgIpc) is 3.03. The van der Waals surface area contributed by atoms with Crippen molar-refractivity contribution in [2.75, 3.05) is 0 Å². The molecule has 1 aromatic heterocycles. The summed E-state index contributed by atoms with van der Waals surface area (Å²) in [7, 11) is 0. The zero-order valence-corrected chi connectivity index (χ0v) is 12.4. The summed E-state index contributed by atoms with van der Waals surface area (Å²) in [6, 6.07) is 6.36. The number of carbonyl (C=O) groups excluding carboxylic acids is 1. The first-order valence-electron chi connectivity index (χ1n) is 7.83. The molecule has 4 heteroatoms. The van der Waals surface area contributed by atoms with Crippen LogP contribution in [0.2, 0.25) is 0 Å². The van der Waals surface area contributed by atoms with E-state index in [0.29, 0.717) is 23.5 Å². The van der Waals surface area contributed by atoms with E-state index in [1.165, 1.54) is 12.1 Å². The molecule has 1 aromatic carbocycles.